The number of hydrogen-bond acceptors (Lipinski definition) is 10. The molecule has 238 valence electrons. The number of anilines is 3. The van der Waals surface area contributed by atoms with Crippen molar-refractivity contribution in [3.05, 3.63) is 59.7 Å². The number of nitrogens with zero attached hydrogens (tertiary/aromatic N) is 5. The number of phenols is 1. The van der Waals surface area contributed by atoms with Gasteiger partial charge in [-0.25, -0.2) is 4.79 Å². The van der Waals surface area contributed by atoms with Crippen molar-refractivity contribution >= 4 is 46.7 Å². The van der Waals surface area contributed by atoms with Gasteiger partial charge in [0.15, 0.2) is 11.9 Å². The van der Waals surface area contributed by atoms with E-state index < -0.39 is 11.9 Å². The summed E-state index contributed by atoms with van der Waals surface area (Å²) in [5.74, 6) is -1.30. The highest BCUT2D eigenvalue weighted by atomic mass is 16.5. The number of nitrogens with two attached hydrogens (primary N) is 1. The van der Waals surface area contributed by atoms with E-state index in [4.69, 9.17) is 10.5 Å². The number of aromatic nitrogens is 2. The standard InChI is InChI=1S/C31H32N8O7/c32-29-24(14-22(35-36-29)19-4-1-2-7-25(19)40)37-10-12-38(13-11-37)28(43)17-46-16-27(42)33-21-6-3-5-18-20(21)15-39(31(18)45)23-8-9-26(41)34-30(23)44/h1-7,14,23,40H,8-13,15-17H2,(H2,32,36)(H,33,42)(H,34,41,44)/p+1. The fraction of sp³-hybridized carbons (Fsp3) is 0.323. The Kier molecular flexibility index (Phi) is 8.48. The summed E-state index contributed by atoms with van der Waals surface area (Å²) in [7, 11) is 0. The highest BCUT2D eigenvalue weighted by Gasteiger charge is 2.41. The molecular formula is C31H33N8O7+. The van der Waals surface area contributed by atoms with Gasteiger partial charge in [0.25, 0.3) is 5.91 Å². The van der Waals surface area contributed by atoms with E-state index in [1.165, 1.54) is 4.90 Å². The molecule has 6 N–H and O–H groups in total. The lowest BCUT2D eigenvalue weighted by Crippen LogP contribution is -2.82. The minimum absolute atomic E-state index is 0.0815. The lowest BCUT2D eigenvalue weighted by atomic mass is 10.1. The monoisotopic (exact) mass is 629 g/mol. The van der Waals surface area contributed by atoms with Crippen LogP contribution in [-0.2, 0) is 25.7 Å². The number of rotatable bonds is 8. The lowest BCUT2D eigenvalue weighted by molar-refractivity contribution is -0.394. The van der Waals surface area contributed by atoms with Gasteiger partial charge in [-0.15, -0.1) is 15.2 Å². The lowest BCUT2D eigenvalue weighted by Gasteiger charge is -2.36. The van der Waals surface area contributed by atoms with E-state index in [0.29, 0.717) is 66.4 Å². The SMILES string of the molecule is Nc1nnc(-c2ccccc2O)cc1N1CCN(C(=O)COCC(=O)Nc2cccc3c2CN(C2CCC(=O)[NH+]=C2O)C3=O)CC1. The number of aliphatic hydroxyl groups is 1. The van der Waals surface area contributed by atoms with E-state index in [1.807, 2.05) is 4.90 Å². The van der Waals surface area contributed by atoms with E-state index in [9.17, 15) is 29.4 Å². The van der Waals surface area contributed by atoms with E-state index >= 15 is 0 Å². The number of hydrogen-bond donors (Lipinski definition) is 5. The largest absolute Gasteiger partial charge is 0.507 e. The summed E-state index contributed by atoms with van der Waals surface area (Å²) in [6.45, 7) is 1.27. The minimum atomic E-state index is -0.655. The van der Waals surface area contributed by atoms with Gasteiger partial charge in [-0.05, 0) is 36.8 Å². The number of para-hydroxylation sites is 1. The van der Waals surface area contributed by atoms with Gasteiger partial charge >= 0.3 is 11.8 Å². The number of ether oxygens (including phenoxy) is 1. The van der Waals surface area contributed by atoms with Crippen LogP contribution in [0.2, 0.25) is 0 Å². The molecule has 2 aromatic carbocycles. The Morgan fingerprint density at radius 2 is 1.76 bits per heavy atom. The van der Waals surface area contributed by atoms with Gasteiger partial charge in [-0.1, -0.05) is 18.2 Å². The third-order valence-corrected chi connectivity index (χ3v) is 8.29. The molecule has 4 heterocycles. The molecule has 15 nitrogen and oxygen atoms in total. The number of benzene rings is 2. The molecule has 1 unspecified atom stereocenters. The van der Waals surface area contributed by atoms with Gasteiger partial charge in [0.2, 0.25) is 11.8 Å². The molecule has 0 saturated carbocycles. The predicted molar refractivity (Wildman–Crippen MR) is 165 cm³/mol. The average molecular weight is 630 g/mol. The second-order valence-corrected chi connectivity index (χ2v) is 11.2. The maximum absolute atomic E-state index is 13.0. The summed E-state index contributed by atoms with van der Waals surface area (Å²) in [5, 5.41) is 31.4. The number of carbonyl (C=O) groups excluding carboxylic acids is 4. The van der Waals surface area contributed by atoms with Crippen LogP contribution in [0.25, 0.3) is 11.3 Å². The molecule has 1 aromatic heterocycles. The maximum atomic E-state index is 13.0. The second-order valence-electron chi connectivity index (χ2n) is 11.2. The molecule has 6 rings (SSSR count). The molecule has 3 aliphatic heterocycles. The molecule has 3 aliphatic rings. The van der Waals surface area contributed by atoms with Gasteiger partial charge in [-0.3, -0.25) is 14.4 Å². The summed E-state index contributed by atoms with van der Waals surface area (Å²) in [5.41, 5.74) is 9.21. The zero-order valence-corrected chi connectivity index (χ0v) is 24.8. The van der Waals surface area contributed by atoms with Crippen molar-refractivity contribution in [3.8, 4) is 17.0 Å². The van der Waals surface area contributed by atoms with Crippen molar-refractivity contribution in [1.29, 1.82) is 0 Å². The number of amides is 4. The number of fused-ring (bicyclic) bond motifs is 1. The third kappa shape index (κ3) is 6.17. The summed E-state index contributed by atoms with van der Waals surface area (Å²) >= 11 is 0. The first-order chi connectivity index (χ1) is 22.2. The van der Waals surface area contributed by atoms with E-state index in [-0.39, 0.29) is 61.4 Å². The quantitative estimate of drug-likeness (QED) is 0.213. The van der Waals surface area contributed by atoms with Crippen molar-refractivity contribution in [2.24, 2.45) is 0 Å². The van der Waals surface area contributed by atoms with Gasteiger partial charge < -0.3 is 40.7 Å². The Balaban J connectivity index is 0.990. The van der Waals surface area contributed by atoms with Crippen LogP contribution in [0, 0.1) is 0 Å². The number of aromatic hydroxyl groups is 1. The van der Waals surface area contributed by atoms with Crippen LogP contribution < -0.4 is 20.9 Å². The Hall–Kier alpha value is -5.57. The second kappa shape index (κ2) is 12.8. The van der Waals surface area contributed by atoms with Crippen LogP contribution in [0.5, 0.6) is 5.75 Å². The molecule has 3 aromatic rings. The van der Waals surface area contributed by atoms with Crippen LogP contribution in [0.3, 0.4) is 0 Å². The van der Waals surface area contributed by atoms with Crippen LogP contribution in [0.15, 0.2) is 48.5 Å². The predicted octanol–water partition coefficient (Wildman–Crippen LogP) is -0.583. The van der Waals surface area contributed by atoms with Crippen LogP contribution >= 0.6 is 0 Å². The smallest absolute Gasteiger partial charge is 0.388 e. The molecule has 1 fully saturated rings. The third-order valence-electron chi connectivity index (χ3n) is 8.29. The van der Waals surface area contributed by atoms with Gasteiger partial charge in [-0.2, -0.15) is 0 Å². The summed E-state index contributed by atoms with van der Waals surface area (Å²) in [6.07, 6.45) is 0.480. The zero-order chi connectivity index (χ0) is 32.4. The zero-order valence-electron chi connectivity index (χ0n) is 24.8. The average Bonchev–Trinajstić information content (AvgIpc) is 3.38. The molecule has 0 aliphatic carbocycles. The topological polar surface area (TPSA) is 205 Å². The number of aliphatic hydroxyl groups excluding tert-OH is 1. The van der Waals surface area contributed by atoms with E-state index in [1.54, 1.807) is 53.4 Å². The highest BCUT2D eigenvalue weighted by molar-refractivity contribution is 6.04. The molecule has 0 spiro atoms. The number of phenolic OH excluding ortho intramolecular Hbond substituents is 1. The van der Waals surface area contributed by atoms with Crippen LogP contribution in [0.4, 0.5) is 17.2 Å². The molecule has 15 heteroatoms. The highest BCUT2D eigenvalue weighted by Crippen LogP contribution is 2.33. The van der Waals surface area contributed by atoms with Gasteiger partial charge in [0.05, 0.1) is 17.8 Å². The fourth-order valence-electron chi connectivity index (χ4n) is 5.89. The molecule has 0 radical (unpaired) electrons. The molecule has 46 heavy (non-hydrogen) atoms. The van der Waals surface area contributed by atoms with Crippen molar-refractivity contribution in [1.82, 2.24) is 20.0 Å². The Bertz CT molecular complexity index is 1740. The molecule has 4 amide bonds. The molecule has 0 bridgehead atoms. The minimum Gasteiger partial charge on any atom is -0.507 e. The molecular weight excluding hydrogens is 596 g/mol. The Morgan fingerprint density at radius 3 is 2.52 bits per heavy atom. The van der Waals surface area contributed by atoms with Crippen LogP contribution in [0.1, 0.15) is 28.8 Å². The number of piperazine rings is 1. The van der Waals surface area contributed by atoms with Gasteiger partial charge in [0.1, 0.15) is 19.0 Å². The van der Waals surface area contributed by atoms with Crippen LogP contribution in [-0.4, -0.2) is 105 Å². The molecule has 1 saturated heterocycles. The normalized spacial score (nSPS) is 18.0. The van der Waals surface area contributed by atoms with Crippen molar-refractivity contribution in [3.63, 3.8) is 0 Å². The van der Waals surface area contributed by atoms with E-state index in [0.717, 1.165) is 0 Å². The first-order valence-corrected chi connectivity index (χ1v) is 14.8. The number of nitrogens with one attached hydrogen (secondary N) is 2. The molecule has 1 atom stereocenters. The fourth-order valence-corrected chi connectivity index (χ4v) is 5.89. The first kappa shape index (κ1) is 30.5. The Morgan fingerprint density at radius 1 is 1.00 bits per heavy atom. The maximum Gasteiger partial charge on any atom is 0.388 e. The van der Waals surface area contributed by atoms with Gasteiger partial charge in [0, 0.05) is 55.1 Å². The summed E-state index contributed by atoms with van der Waals surface area (Å²) in [4.78, 5) is 57.7. The van der Waals surface area contributed by atoms with Crippen molar-refractivity contribution in [2.45, 2.75) is 25.4 Å². The summed E-state index contributed by atoms with van der Waals surface area (Å²) < 4.78 is 5.44. The van der Waals surface area contributed by atoms with E-state index in [2.05, 4.69) is 20.5 Å². The summed E-state index contributed by atoms with van der Waals surface area (Å²) in [6, 6.07) is 12.9. The first-order valence-electron chi connectivity index (χ1n) is 14.8. The van der Waals surface area contributed by atoms with Crippen molar-refractivity contribution in [2.75, 3.05) is 55.3 Å². The van der Waals surface area contributed by atoms with Crippen molar-refractivity contribution < 1.29 is 39.1 Å². The number of nitrogen functional groups attached to an aromatic ring is 1. The Labute approximate surface area is 263 Å². The number of carbonyl (C=O) groups is 4.